The zero-order chi connectivity index (χ0) is 15.2. The lowest BCUT2D eigenvalue weighted by Gasteiger charge is -2.08. The molecule has 0 atom stereocenters. The van der Waals surface area contributed by atoms with E-state index >= 15 is 0 Å². The van der Waals surface area contributed by atoms with E-state index in [1.165, 1.54) is 0 Å². The van der Waals surface area contributed by atoms with Crippen LogP contribution in [-0.2, 0) is 19.1 Å². The summed E-state index contributed by atoms with van der Waals surface area (Å²) in [7, 11) is 0. The number of ether oxygens (including phenoxy) is 1. The largest absolute Gasteiger partial charge is 0.455 e. The first-order valence-electron chi connectivity index (χ1n) is 6.54. The molecule has 0 unspecified atom stereocenters. The Morgan fingerprint density at radius 2 is 1.90 bits per heavy atom. The van der Waals surface area contributed by atoms with Crippen LogP contribution in [0, 0.1) is 5.92 Å². The van der Waals surface area contributed by atoms with E-state index in [4.69, 9.17) is 4.74 Å². The quantitative estimate of drug-likeness (QED) is 0.757. The molecule has 0 aromatic heterocycles. The van der Waals surface area contributed by atoms with Crippen LogP contribution in [0.4, 0.5) is 5.69 Å². The SMILES string of the molecule is O=C(COC(=O)C1CC1)NCC(=O)Nc1ccccc1Br. The zero-order valence-corrected chi connectivity index (χ0v) is 12.8. The molecule has 1 aliphatic rings. The molecule has 1 fully saturated rings. The van der Waals surface area contributed by atoms with Gasteiger partial charge in [-0.15, -0.1) is 0 Å². The number of halogens is 1. The standard InChI is InChI=1S/C14H15BrN2O4/c15-10-3-1-2-4-11(10)17-12(18)7-16-13(19)8-21-14(20)9-5-6-9/h1-4,9H,5-8H2,(H,16,19)(H,17,18). The van der Waals surface area contributed by atoms with Crippen LogP contribution in [0.5, 0.6) is 0 Å². The predicted molar refractivity (Wildman–Crippen MR) is 79.5 cm³/mol. The van der Waals surface area contributed by atoms with Crippen molar-refractivity contribution in [2.45, 2.75) is 12.8 Å². The second-order valence-corrected chi connectivity index (χ2v) is 5.54. The second kappa shape index (κ2) is 7.21. The third-order valence-electron chi connectivity index (χ3n) is 2.85. The predicted octanol–water partition coefficient (Wildman–Crippen LogP) is 1.46. The average Bonchev–Trinajstić information content (AvgIpc) is 3.29. The number of carbonyl (C=O) groups is 3. The maximum absolute atomic E-state index is 11.7. The highest BCUT2D eigenvalue weighted by atomic mass is 79.9. The topological polar surface area (TPSA) is 84.5 Å². The van der Waals surface area contributed by atoms with Crippen molar-refractivity contribution in [2.24, 2.45) is 5.92 Å². The Hall–Kier alpha value is -1.89. The molecule has 0 radical (unpaired) electrons. The molecule has 0 saturated heterocycles. The molecule has 0 aliphatic heterocycles. The van der Waals surface area contributed by atoms with Gasteiger partial charge in [0.1, 0.15) is 0 Å². The molecule has 2 N–H and O–H groups in total. The Bertz CT molecular complexity index is 558. The normalized spacial score (nSPS) is 13.4. The third kappa shape index (κ3) is 5.18. The van der Waals surface area contributed by atoms with Gasteiger partial charge in [-0.25, -0.2) is 0 Å². The lowest BCUT2D eigenvalue weighted by atomic mass is 10.3. The fourth-order valence-corrected chi connectivity index (χ4v) is 1.94. The summed E-state index contributed by atoms with van der Waals surface area (Å²) in [6.07, 6.45) is 1.66. The smallest absolute Gasteiger partial charge is 0.309 e. The van der Waals surface area contributed by atoms with Gasteiger partial charge in [0.2, 0.25) is 5.91 Å². The van der Waals surface area contributed by atoms with Crippen molar-refractivity contribution in [1.29, 1.82) is 0 Å². The van der Waals surface area contributed by atoms with E-state index in [1.54, 1.807) is 18.2 Å². The molecule has 2 amide bonds. The van der Waals surface area contributed by atoms with Gasteiger partial charge in [0.05, 0.1) is 18.2 Å². The molecule has 1 aromatic carbocycles. The number of esters is 1. The molecule has 2 rings (SSSR count). The van der Waals surface area contributed by atoms with E-state index in [0.29, 0.717) is 5.69 Å². The van der Waals surface area contributed by atoms with E-state index in [0.717, 1.165) is 17.3 Å². The highest BCUT2D eigenvalue weighted by Crippen LogP contribution is 2.29. The zero-order valence-electron chi connectivity index (χ0n) is 11.2. The van der Waals surface area contributed by atoms with Crippen LogP contribution in [0.25, 0.3) is 0 Å². The molecule has 21 heavy (non-hydrogen) atoms. The Labute approximate surface area is 130 Å². The van der Waals surface area contributed by atoms with Crippen molar-refractivity contribution in [3.05, 3.63) is 28.7 Å². The van der Waals surface area contributed by atoms with Crippen molar-refractivity contribution in [3.8, 4) is 0 Å². The number of amides is 2. The van der Waals surface area contributed by atoms with Crippen molar-refractivity contribution in [1.82, 2.24) is 5.32 Å². The molecular formula is C14H15BrN2O4. The van der Waals surface area contributed by atoms with E-state index in [-0.39, 0.29) is 30.9 Å². The highest BCUT2D eigenvalue weighted by Gasteiger charge is 2.31. The van der Waals surface area contributed by atoms with Crippen LogP contribution in [0.15, 0.2) is 28.7 Å². The first-order chi connectivity index (χ1) is 10.1. The van der Waals surface area contributed by atoms with Gasteiger partial charge in [0.15, 0.2) is 6.61 Å². The maximum atomic E-state index is 11.7. The number of nitrogens with one attached hydrogen (secondary N) is 2. The third-order valence-corrected chi connectivity index (χ3v) is 3.54. The van der Waals surface area contributed by atoms with Crippen LogP contribution < -0.4 is 10.6 Å². The summed E-state index contributed by atoms with van der Waals surface area (Å²) >= 11 is 3.31. The Balaban J connectivity index is 1.67. The van der Waals surface area contributed by atoms with E-state index < -0.39 is 5.91 Å². The number of carbonyl (C=O) groups excluding carboxylic acids is 3. The summed E-state index contributed by atoms with van der Waals surface area (Å²) in [6.45, 7) is -0.529. The summed E-state index contributed by atoms with van der Waals surface area (Å²) in [5.41, 5.74) is 0.622. The second-order valence-electron chi connectivity index (χ2n) is 4.69. The fraction of sp³-hybridized carbons (Fsp3) is 0.357. The number of benzene rings is 1. The van der Waals surface area contributed by atoms with Crippen LogP contribution in [0.1, 0.15) is 12.8 Å². The summed E-state index contributed by atoms with van der Waals surface area (Å²) in [4.78, 5) is 34.3. The molecule has 1 saturated carbocycles. The van der Waals surface area contributed by atoms with Gasteiger partial charge in [-0.2, -0.15) is 0 Å². The van der Waals surface area contributed by atoms with Crippen LogP contribution >= 0.6 is 15.9 Å². The van der Waals surface area contributed by atoms with Crippen LogP contribution in [0.2, 0.25) is 0 Å². The first-order valence-corrected chi connectivity index (χ1v) is 7.33. The van der Waals surface area contributed by atoms with Crippen molar-refractivity contribution >= 4 is 39.4 Å². The van der Waals surface area contributed by atoms with Gasteiger partial charge < -0.3 is 15.4 Å². The minimum absolute atomic E-state index is 0.0449. The molecule has 0 bridgehead atoms. The van der Waals surface area contributed by atoms with E-state index in [2.05, 4.69) is 26.6 Å². The highest BCUT2D eigenvalue weighted by molar-refractivity contribution is 9.10. The first kappa shape index (κ1) is 15.5. The maximum Gasteiger partial charge on any atom is 0.309 e. The number of hydrogen-bond acceptors (Lipinski definition) is 4. The van der Waals surface area contributed by atoms with Gasteiger partial charge >= 0.3 is 5.97 Å². The van der Waals surface area contributed by atoms with E-state index in [9.17, 15) is 14.4 Å². The summed E-state index contributed by atoms with van der Waals surface area (Å²) in [5.74, 6) is -1.24. The molecule has 0 heterocycles. The Morgan fingerprint density at radius 3 is 2.57 bits per heavy atom. The number of para-hydroxylation sites is 1. The summed E-state index contributed by atoms with van der Waals surface area (Å²) < 4.78 is 5.56. The van der Waals surface area contributed by atoms with Crippen molar-refractivity contribution in [3.63, 3.8) is 0 Å². The number of rotatable bonds is 6. The molecule has 7 heteroatoms. The van der Waals surface area contributed by atoms with Crippen LogP contribution in [0.3, 0.4) is 0 Å². The van der Waals surface area contributed by atoms with Crippen molar-refractivity contribution in [2.75, 3.05) is 18.5 Å². The monoisotopic (exact) mass is 354 g/mol. The molecule has 0 spiro atoms. The lowest BCUT2D eigenvalue weighted by Crippen LogP contribution is -2.35. The summed E-state index contributed by atoms with van der Waals surface area (Å²) in [6, 6.07) is 7.15. The van der Waals surface area contributed by atoms with Gasteiger partial charge in [0.25, 0.3) is 5.91 Å². The molecule has 1 aliphatic carbocycles. The molecular weight excluding hydrogens is 340 g/mol. The van der Waals surface area contributed by atoms with E-state index in [1.807, 2.05) is 6.07 Å². The number of anilines is 1. The van der Waals surface area contributed by atoms with Gasteiger partial charge in [-0.1, -0.05) is 12.1 Å². The Kier molecular flexibility index (Phi) is 5.32. The molecule has 6 nitrogen and oxygen atoms in total. The minimum atomic E-state index is -0.494. The average molecular weight is 355 g/mol. The molecule has 112 valence electrons. The van der Waals surface area contributed by atoms with Crippen molar-refractivity contribution < 1.29 is 19.1 Å². The minimum Gasteiger partial charge on any atom is -0.455 e. The van der Waals surface area contributed by atoms with Gasteiger partial charge in [-0.3, -0.25) is 14.4 Å². The summed E-state index contributed by atoms with van der Waals surface area (Å²) in [5, 5.41) is 5.04. The Morgan fingerprint density at radius 1 is 1.19 bits per heavy atom. The molecule has 1 aromatic rings. The fourth-order valence-electron chi connectivity index (χ4n) is 1.56. The van der Waals surface area contributed by atoms with Crippen LogP contribution in [-0.4, -0.2) is 30.9 Å². The van der Waals surface area contributed by atoms with Gasteiger partial charge in [0, 0.05) is 4.47 Å². The number of hydrogen-bond donors (Lipinski definition) is 2. The van der Waals surface area contributed by atoms with Gasteiger partial charge in [-0.05, 0) is 40.9 Å². The lowest BCUT2D eigenvalue weighted by molar-refractivity contribution is -0.149.